The van der Waals surface area contributed by atoms with Crippen LogP contribution >= 0.6 is 23.7 Å². The van der Waals surface area contributed by atoms with Crippen LogP contribution in [0.2, 0.25) is 0 Å². The Morgan fingerprint density at radius 3 is 3.00 bits per heavy atom. The molecule has 0 aromatic carbocycles. The molecule has 1 aliphatic rings. The Hall–Kier alpha value is -0.160. The topological polar surface area (TPSA) is 42.2 Å². The Bertz CT molecular complexity index is 303. The molecule has 1 aliphatic heterocycles. The van der Waals surface area contributed by atoms with Crippen LogP contribution in [0.15, 0.2) is 6.20 Å². The lowest BCUT2D eigenvalue weighted by Gasteiger charge is -2.13. The minimum atomic E-state index is 0. The third kappa shape index (κ3) is 3.41. The molecule has 1 fully saturated rings. The van der Waals surface area contributed by atoms with E-state index in [1.54, 1.807) is 11.3 Å². The van der Waals surface area contributed by atoms with Gasteiger partial charge in [-0.2, -0.15) is 0 Å². The highest BCUT2D eigenvalue weighted by Crippen LogP contribution is 2.20. The van der Waals surface area contributed by atoms with E-state index in [1.165, 1.54) is 17.8 Å². The van der Waals surface area contributed by atoms with Crippen LogP contribution in [-0.2, 0) is 6.54 Å². The number of nitrogens with zero attached hydrogens (tertiary/aromatic N) is 2. The van der Waals surface area contributed by atoms with E-state index < -0.39 is 0 Å². The number of halogens is 1. The van der Waals surface area contributed by atoms with E-state index in [4.69, 9.17) is 5.73 Å². The normalized spacial score (nSPS) is 21.6. The van der Waals surface area contributed by atoms with Gasteiger partial charge in [0.05, 0.1) is 5.01 Å². The predicted octanol–water partition coefficient (Wildman–Crippen LogP) is 1.65. The highest BCUT2D eigenvalue weighted by atomic mass is 35.5. The number of hydrogen-bond donors (Lipinski definition) is 1. The van der Waals surface area contributed by atoms with Crippen molar-refractivity contribution in [2.75, 3.05) is 19.6 Å². The Balaban J connectivity index is 0.00000112. The number of nitrogens with two attached hydrogens (primary N) is 1. The molecule has 5 heteroatoms. The van der Waals surface area contributed by atoms with Gasteiger partial charge >= 0.3 is 0 Å². The van der Waals surface area contributed by atoms with Crippen LogP contribution in [0, 0.1) is 12.8 Å². The second-order valence-electron chi connectivity index (χ2n) is 3.97. The average molecular weight is 248 g/mol. The first-order valence-electron chi connectivity index (χ1n) is 5.11. The first-order valence-corrected chi connectivity index (χ1v) is 5.93. The van der Waals surface area contributed by atoms with Crippen LogP contribution in [0.3, 0.4) is 0 Å². The fourth-order valence-electron chi connectivity index (χ4n) is 1.95. The van der Waals surface area contributed by atoms with Crippen molar-refractivity contribution in [3.63, 3.8) is 0 Å². The molecule has 3 nitrogen and oxygen atoms in total. The second-order valence-corrected chi connectivity index (χ2v) is 5.29. The number of likely N-dealkylation sites (tertiary alicyclic amines) is 1. The SMILES string of the molecule is Cc1ncc(CN2CCC(CN)C2)s1.Cl. The summed E-state index contributed by atoms with van der Waals surface area (Å²) in [7, 11) is 0. The molecule has 2 rings (SSSR count). The van der Waals surface area contributed by atoms with Crippen LogP contribution in [0.25, 0.3) is 0 Å². The highest BCUT2D eigenvalue weighted by Gasteiger charge is 2.21. The van der Waals surface area contributed by atoms with Crippen LogP contribution in [0.1, 0.15) is 16.3 Å². The molecular formula is C10H18ClN3S. The highest BCUT2D eigenvalue weighted by molar-refractivity contribution is 7.11. The fourth-order valence-corrected chi connectivity index (χ4v) is 2.79. The lowest BCUT2D eigenvalue weighted by atomic mass is 10.1. The van der Waals surface area contributed by atoms with Crippen molar-refractivity contribution in [3.05, 3.63) is 16.1 Å². The summed E-state index contributed by atoms with van der Waals surface area (Å²) in [6.45, 7) is 6.30. The molecule has 2 N–H and O–H groups in total. The molecule has 15 heavy (non-hydrogen) atoms. The van der Waals surface area contributed by atoms with E-state index in [1.807, 2.05) is 6.20 Å². The molecular weight excluding hydrogens is 230 g/mol. The maximum atomic E-state index is 5.66. The van der Waals surface area contributed by atoms with Gasteiger partial charge in [0, 0.05) is 24.2 Å². The third-order valence-electron chi connectivity index (χ3n) is 2.75. The fraction of sp³-hybridized carbons (Fsp3) is 0.700. The Labute approximate surface area is 101 Å². The van der Waals surface area contributed by atoms with Gasteiger partial charge in [-0.05, 0) is 32.4 Å². The number of aryl methyl sites for hydroxylation is 1. The van der Waals surface area contributed by atoms with Crippen LogP contribution in [-0.4, -0.2) is 29.5 Å². The summed E-state index contributed by atoms with van der Waals surface area (Å²) in [6.07, 6.45) is 3.25. The molecule has 1 saturated heterocycles. The van der Waals surface area contributed by atoms with E-state index in [0.29, 0.717) is 5.92 Å². The molecule has 0 saturated carbocycles. The molecule has 0 radical (unpaired) electrons. The molecule has 86 valence electrons. The number of thiazole rings is 1. The maximum absolute atomic E-state index is 5.66. The molecule has 1 atom stereocenters. The van der Waals surface area contributed by atoms with Crippen molar-refractivity contribution in [1.82, 2.24) is 9.88 Å². The van der Waals surface area contributed by atoms with Gasteiger partial charge in [-0.1, -0.05) is 0 Å². The van der Waals surface area contributed by atoms with Gasteiger partial charge in [0.25, 0.3) is 0 Å². The van der Waals surface area contributed by atoms with Gasteiger partial charge in [-0.25, -0.2) is 4.98 Å². The molecule has 0 spiro atoms. The Kier molecular flexibility index (Phi) is 4.99. The summed E-state index contributed by atoms with van der Waals surface area (Å²) >= 11 is 1.80. The Morgan fingerprint density at radius 1 is 1.67 bits per heavy atom. The molecule has 1 aromatic heterocycles. The van der Waals surface area contributed by atoms with E-state index in [9.17, 15) is 0 Å². The van der Waals surface area contributed by atoms with Gasteiger partial charge in [0.15, 0.2) is 0 Å². The van der Waals surface area contributed by atoms with Gasteiger partial charge in [-0.3, -0.25) is 4.90 Å². The first kappa shape index (κ1) is 12.9. The van der Waals surface area contributed by atoms with Crippen LogP contribution in [0.4, 0.5) is 0 Å². The summed E-state index contributed by atoms with van der Waals surface area (Å²) in [4.78, 5) is 8.12. The predicted molar refractivity (Wildman–Crippen MR) is 66.5 cm³/mol. The molecule has 0 amide bonds. The number of aromatic nitrogens is 1. The van der Waals surface area contributed by atoms with Gasteiger partial charge < -0.3 is 5.73 Å². The third-order valence-corrected chi connectivity index (χ3v) is 3.65. The van der Waals surface area contributed by atoms with Crippen LogP contribution < -0.4 is 5.73 Å². The summed E-state index contributed by atoms with van der Waals surface area (Å²) in [6, 6.07) is 0. The minimum absolute atomic E-state index is 0. The maximum Gasteiger partial charge on any atom is 0.0897 e. The smallest absolute Gasteiger partial charge is 0.0897 e. The summed E-state index contributed by atoms with van der Waals surface area (Å²) in [5.41, 5.74) is 5.66. The van der Waals surface area contributed by atoms with Crippen molar-refractivity contribution in [2.24, 2.45) is 11.7 Å². The van der Waals surface area contributed by atoms with Crippen molar-refractivity contribution < 1.29 is 0 Å². The van der Waals surface area contributed by atoms with Crippen LogP contribution in [0.5, 0.6) is 0 Å². The monoisotopic (exact) mass is 247 g/mol. The summed E-state index contributed by atoms with van der Waals surface area (Å²) in [5.74, 6) is 0.712. The van der Waals surface area contributed by atoms with Gasteiger partial charge in [0.1, 0.15) is 0 Å². The number of hydrogen-bond acceptors (Lipinski definition) is 4. The van der Waals surface area contributed by atoms with Gasteiger partial charge in [-0.15, -0.1) is 23.7 Å². The summed E-state index contributed by atoms with van der Waals surface area (Å²) in [5, 5.41) is 1.16. The van der Waals surface area contributed by atoms with E-state index in [-0.39, 0.29) is 12.4 Å². The molecule has 0 bridgehead atoms. The zero-order valence-electron chi connectivity index (χ0n) is 8.98. The van der Waals surface area contributed by atoms with Crippen molar-refractivity contribution in [1.29, 1.82) is 0 Å². The minimum Gasteiger partial charge on any atom is -0.330 e. The van der Waals surface area contributed by atoms with Crippen molar-refractivity contribution in [2.45, 2.75) is 19.9 Å². The standard InChI is InChI=1S/C10H17N3S.ClH/c1-8-12-5-10(14-8)7-13-3-2-9(4-11)6-13;/h5,9H,2-4,6-7,11H2,1H3;1H. The van der Waals surface area contributed by atoms with Crippen molar-refractivity contribution >= 4 is 23.7 Å². The van der Waals surface area contributed by atoms with E-state index in [0.717, 1.165) is 24.6 Å². The largest absolute Gasteiger partial charge is 0.330 e. The number of rotatable bonds is 3. The zero-order valence-corrected chi connectivity index (χ0v) is 10.6. The zero-order chi connectivity index (χ0) is 9.97. The lowest BCUT2D eigenvalue weighted by Crippen LogP contribution is -2.22. The molecule has 1 unspecified atom stereocenters. The summed E-state index contributed by atoms with van der Waals surface area (Å²) < 4.78 is 0. The Morgan fingerprint density at radius 2 is 2.47 bits per heavy atom. The first-order chi connectivity index (χ1) is 6.78. The average Bonchev–Trinajstić information content (AvgIpc) is 2.76. The second kappa shape index (κ2) is 5.80. The van der Waals surface area contributed by atoms with Gasteiger partial charge in [0.2, 0.25) is 0 Å². The molecule has 0 aliphatic carbocycles. The molecule has 1 aromatic rings. The van der Waals surface area contributed by atoms with E-state index >= 15 is 0 Å². The molecule has 2 heterocycles. The van der Waals surface area contributed by atoms with E-state index in [2.05, 4.69) is 16.8 Å². The quantitative estimate of drug-likeness (QED) is 0.883. The lowest BCUT2D eigenvalue weighted by molar-refractivity contribution is 0.320. The van der Waals surface area contributed by atoms with Crippen molar-refractivity contribution in [3.8, 4) is 0 Å².